The predicted octanol–water partition coefficient (Wildman–Crippen LogP) is 4.36. The van der Waals surface area contributed by atoms with Crippen molar-refractivity contribution in [2.75, 3.05) is 0 Å². The van der Waals surface area contributed by atoms with Crippen LogP contribution < -0.4 is 5.32 Å². The predicted molar refractivity (Wildman–Crippen MR) is 106 cm³/mol. The van der Waals surface area contributed by atoms with Crippen molar-refractivity contribution < 1.29 is 13.6 Å². The lowest BCUT2D eigenvalue weighted by atomic mass is 10.1. The molecule has 3 rings (SSSR count). The van der Waals surface area contributed by atoms with Crippen molar-refractivity contribution in [2.24, 2.45) is 0 Å². The summed E-state index contributed by atoms with van der Waals surface area (Å²) < 4.78 is 20.4. The number of carbonyl (C=O) groups is 1. The number of furan rings is 1. The molecule has 2 heterocycles. The number of aromatic nitrogens is 3. The molecule has 148 valence electrons. The van der Waals surface area contributed by atoms with Crippen molar-refractivity contribution in [1.29, 1.82) is 0 Å². The van der Waals surface area contributed by atoms with Crippen molar-refractivity contribution in [1.82, 2.24) is 20.1 Å². The van der Waals surface area contributed by atoms with Crippen molar-refractivity contribution in [3.8, 4) is 11.4 Å². The molecule has 0 saturated heterocycles. The monoisotopic (exact) mass is 402 g/mol. The zero-order valence-corrected chi connectivity index (χ0v) is 17.1. The molecule has 0 radical (unpaired) electrons. The molecule has 28 heavy (non-hydrogen) atoms. The van der Waals surface area contributed by atoms with E-state index < -0.39 is 0 Å². The minimum absolute atomic E-state index is 0.117. The van der Waals surface area contributed by atoms with Gasteiger partial charge in [0.2, 0.25) is 5.91 Å². The Morgan fingerprint density at radius 1 is 1.25 bits per heavy atom. The third-order valence-corrected chi connectivity index (χ3v) is 5.59. The SMILES string of the molecule is CCn1c(S[C@@H](C)C(=O)N[C@@H](C)c2ccc(F)cc2)nnc1-c1ccoc1C. The Morgan fingerprint density at radius 3 is 2.57 bits per heavy atom. The third kappa shape index (κ3) is 4.27. The molecule has 1 amide bonds. The second-order valence-corrected chi connectivity index (χ2v) is 7.79. The fraction of sp³-hybridized carbons (Fsp3) is 0.350. The first-order valence-electron chi connectivity index (χ1n) is 9.10. The van der Waals surface area contributed by atoms with Crippen molar-refractivity contribution >= 4 is 17.7 Å². The molecule has 0 spiro atoms. The normalized spacial score (nSPS) is 13.3. The number of halogens is 1. The Bertz CT molecular complexity index is 952. The zero-order valence-electron chi connectivity index (χ0n) is 16.3. The van der Waals surface area contributed by atoms with Crippen LogP contribution in [0.2, 0.25) is 0 Å². The van der Waals surface area contributed by atoms with Gasteiger partial charge in [-0.1, -0.05) is 23.9 Å². The number of hydrogen-bond acceptors (Lipinski definition) is 5. The number of nitrogens with zero attached hydrogens (tertiary/aromatic N) is 3. The molecule has 0 aliphatic rings. The van der Waals surface area contributed by atoms with E-state index >= 15 is 0 Å². The minimum Gasteiger partial charge on any atom is -0.469 e. The number of thioether (sulfide) groups is 1. The van der Waals surface area contributed by atoms with Gasteiger partial charge in [0.15, 0.2) is 11.0 Å². The first kappa shape index (κ1) is 20.1. The molecule has 1 aromatic carbocycles. The van der Waals surface area contributed by atoms with Crippen molar-refractivity contribution in [2.45, 2.75) is 50.7 Å². The molecule has 0 saturated carbocycles. The van der Waals surface area contributed by atoms with Crippen LogP contribution >= 0.6 is 11.8 Å². The Kier molecular flexibility index (Phi) is 6.18. The fourth-order valence-corrected chi connectivity index (χ4v) is 3.78. The first-order chi connectivity index (χ1) is 13.4. The van der Waals surface area contributed by atoms with Gasteiger partial charge in [-0.2, -0.15) is 0 Å². The summed E-state index contributed by atoms with van der Waals surface area (Å²) in [5, 5.41) is 11.8. The molecule has 6 nitrogen and oxygen atoms in total. The number of rotatable bonds is 7. The summed E-state index contributed by atoms with van der Waals surface area (Å²) >= 11 is 1.35. The highest BCUT2D eigenvalue weighted by Gasteiger charge is 2.22. The largest absolute Gasteiger partial charge is 0.469 e. The highest BCUT2D eigenvalue weighted by atomic mass is 32.2. The van der Waals surface area contributed by atoms with Gasteiger partial charge in [-0.05, 0) is 51.5 Å². The molecule has 2 aromatic heterocycles. The van der Waals surface area contributed by atoms with Gasteiger partial charge in [-0.15, -0.1) is 10.2 Å². The molecule has 0 unspecified atom stereocenters. The van der Waals surface area contributed by atoms with Crippen LogP contribution in [0.4, 0.5) is 4.39 Å². The van der Waals surface area contributed by atoms with Gasteiger partial charge in [0.05, 0.1) is 23.1 Å². The number of hydrogen-bond donors (Lipinski definition) is 1. The van der Waals surface area contributed by atoms with Crippen LogP contribution in [-0.2, 0) is 11.3 Å². The fourth-order valence-electron chi connectivity index (χ4n) is 2.85. The van der Waals surface area contributed by atoms with Gasteiger partial charge in [0.1, 0.15) is 11.6 Å². The average molecular weight is 402 g/mol. The van der Waals surface area contributed by atoms with E-state index in [9.17, 15) is 9.18 Å². The molecule has 8 heteroatoms. The quantitative estimate of drug-likeness (QED) is 0.594. The first-order valence-corrected chi connectivity index (χ1v) is 9.98. The van der Waals surface area contributed by atoms with E-state index in [1.54, 1.807) is 18.4 Å². The smallest absolute Gasteiger partial charge is 0.233 e. The van der Waals surface area contributed by atoms with E-state index in [1.807, 2.05) is 38.3 Å². The Morgan fingerprint density at radius 2 is 1.96 bits per heavy atom. The molecular weight excluding hydrogens is 379 g/mol. The lowest BCUT2D eigenvalue weighted by Crippen LogP contribution is -2.33. The van der Waals surface area contributed by atoms with Crippen LogP contribution in [0.1, 0.15) is 38.1 Å². The molecule has 0 aliphatic carbocycles. The van der Waals surface area contributed by atoms with Crippen molar-refractivity contribution in [3.63, 3.8) is 0 Å². The Hall–Kier alpha value is -2.61. The Labute approximate surface area is 167 Å². The maximum Gasteiger partial charge on any atom is 0.233 e. The number of benzene rings is 1. The molecule has 0 aliphatic heterocycles. The van der Waals surface area contributed by atoms with Gasteiger partial charge in [0.25, 0.3) is 0 Å². The Balaban J connectivity index is 1.69. The third-order valence-electron chi connectivity index (χ3n) is 4.51. The van der Waals surface area contributed by atoms with Gasteiger partial charge in [0, 0.05) is 6.54 Å². The van der Waals surface area contributed by atoms with Crippen LogP contribution in [0, 0.1) is 12.7 Å². The lowest BCUT2D eigenvalue weighted by molar-refractivity contribution is -0.120. The van der Waals surface area contributed by atoms with Crippen LogP contribution in [0.25, 0.3) is 11.4 Å². The summed E-state index contributed by atoms with van der Waals surface area (Å²) in [5.74, 6) is 1.09. The van der Waals surface area contributed by atoms with E-state index in [0.29, 0.717) is 11.7 Å². The van der Waals surface area contributed by atoms with Gasteiger partial charge < -0.3 is 14.3 Å². The van der Waals surface area contributed by atoms with Crippen LogP contribution in [0.5, 0.6) is 0 Å². The standard InChI is InChI=1S/C20H23FN4O2S/c1-5-25-18(17-10-11-27-13(17)3)23-24-20(25)28-14(4)19(26)22-12(2)15-6-8-16(21)9-7-15/h6-12,14H,5H2,1-4H3,(H,22,26)/t12-,14-/m0/s1. The van der Waals surface area contributed by atoms with Gasteiger partial charge in [-0.25, -0.2) is 4.39 Å². The van der Waals surface area contributed by atoms with E-state index in [-0.39, 0.29) is 23.0 Å². The summed E-state index contributed by atoms with van der Waals surface area (Å²) in [5.41, 5.74) is 1.74. The number of amides is 1. The number of carbonyl (C=O) groups excluding carboxylic acids is 1. The summed E-state index contributed by atoms with van der Waals surface area (Å²) in [6, 6.07) is 7.76. The second-order valence-electron chi connectivity index (χ2n) is 6.48. The summed E-state index contributed by atoms with van der Waals surface area (Å²) in [6.45, 7) is 8.26. The van der Waals surface area contributed by atoms with Crippen LogP contribution in [0.3, 0.4) is 0 Å². The van der Waals surface area contributed by atoms with Crippen molar-refractivity contribution in [3.05, 3.63) is 53.7 Å². The second kappa shape index (κ2) is 8.60. The van der Waals surface area contributed by atoms with E-state index in [0.717, 1.165) is 22.7 Å². The molecule has 3 aromatic rings. The summed E-state index contributed by atoms with van der Waals surface area (Å²) in [4.78, 5) is 12.6. The summed E-state index contributed by atoms with van der Waals surface area (Å²) in [7, 11) is 0. The minimum atomic E-state index is -0.365. The number of nitrogens with one attached hydrogen (secondary N) is 1. The summed E-state index contributed by atoms with van der Waals surface area (Å²) in [6.07, 6.45) is 1.62. The molecule has 2 atom stereocenters. The molecule has 1 N–H and O–H groups in total. The van der Waals surface area contributed by atoms with E-state index in [2.05, 4.69) is 15.5 Å². The van der Waals surface area contributed by atoms with Gasteiger partial charge in [-0.3, -0.25) is 4.79 Å². The maximum absolute atomic E-state index is 13.1. The average Bonchev–Trinajstić information content (AvgIpc) is 3.27. The molecule has 0 bridgehead atoms. The van der Waals surface area contributed by atoms with E-state index in [1.165, 1.54) is 23.9 Å². The maximum atomic E-state index is 13.1. The number of aryl methyl sites for hydroxylation is 1. The van der Waals surface area contributed by atoms with E-state index in [4.69, 9.17) is 4.42 Å². The van der Waals surface area contributed by atoms with Crippen LogP contribution in [0.15, 0.2) is 46.2 Å². The highest BCUT2D eigenvalue weighted by molar-refractivity contribution is 8.00. The molecular formula is C20H23FN4O2S. The topological polar surface area (TPSA) is 73.0 Å². The van der Waals surface area contributed by atoms with Crippen LogP contribution in [-0.4, -0.2) is 25.9 Å². The zero-order chi connectivity index (χ0) is 20.3. The molecule has 0 fully saturated rings. The highest BCUT2D eigenvalue weighted by Crippen LogP contribution is 2.29. The lowest BCUT2D eigenvalue weighted by Gasteiger charge is -2.17. The van der Waals surface area contributed by atoms with Gasteiger partial charge >= 0.3 is 0 Å².